The van der Waals surface area contributed by atoms with Gasteiger partial charge < -0.3 is 4.74 Å². The lowest BCUT2D eigenvalue weighted by Crippen LogP contribution is -2.22. The van der Waals surface area contributed by atoms with Gasteiger partial charge in [-0.3, -0.25) is 9.36 Å². The number of hydrogen-bond donors (Lipinski definition) is 0. The van der Waals surface area contributed by atoms with E-state index in [1.165, 1.54) is 6.33 Å². The van der Waals surface area contributed by atoms with Gasteiger partial charge in [-0.05, 0) is 37.6 Å². The van der Waals surface area contributed by atoms with Crippen LogP contribution in [-0.2, 0) is 6.54 Å². The Morgan fingerprint density at radius 2 is 1.91 bits per heavy atom. The van der Waals surface area contributed by atoms with E-state index in [1.807, 2.05) is 44.2 Å². The lowest BCUT2D eigenvalue weighted by molar-refractivity contribution is 0.415. The number of aryl methyl sites for hydroxylation is 2. The Bertz CT molecular complexity index is 883. The van der Waals surface area contributed by atoms with Crippen LogP contribution >= 0.6 is 0 Å². The van der Waals surface area contributed by atoms with Gasteiger partial charge in [0.25, 0.3) is 5.56 Å². The van der Waals surface area contributed by atoms with Crippen LogP contribution in [0, 0.1) is 6.92 Å². The molecular weight excluding hydrogens is 278 g/mol. The largest absolute Gasteiger partial charge is 0.497 e. The maximum absolute atomic E-state index is 12.8. The van der Waals surface area contributed by atoms with Crippen LogP contribution in [-0.4, -0.2) is 21.6 Å². The Morgan fingerprint density at radius 3 is 2.55 bits per heavy atom. The summed E-state index contributed by atoms with van der Waals surface area (Å²) in [6.45, 7) is 4.43. The van der Waals surface area contributed by atoms with Crippen molar-refractivity contribution in [3.8, 4) is 16.9 Å². The third kappa shape index (κ3) is 2.24. The van der Waals surface area contributed by atoms with Crippen LogP contribution in [0.3, 0.4) is 0 Å². The third-order valence-corrected chi connectivity index (χ3v) is 3.80. The molecule has 22 heavy (non-hydrogen) atoms. The molecule has 0 amide bonds. The molecule has 0 saturated carbocycles. The maximum Gasteiger partial charge on any atom is 0.260 e. The summed E-state index contributed by atoms with van der Waals surface area (Å²) in [5, 5.41) is 0.898. The van der Waals surface area contributed by atoms with Crippen LogP contribution < -0.4 is 10.3 Å². The summed E-state index contributed by atoms with van der Waals surface area (Å²) in [6.07, 6.45) is 1.50. The molecule has 0 atom stereocenters. The first kappa shape index (κ1) is 14.3. The van der Waals surface area contributed by atoms with Gasteiger partial charge in [-0.15, -0.1) is 0 Å². The van der Waals surface area contributed by atoms with Crippen LogP contribution in [0.4, 0.5) is 0 Å². The fraction of sp³-hybridized carbons (Fsp3) is 0.235. The van der Waals surface area contributed by atoms with E-state index < -0.39 is 0 Å². The molecule has 2 heterocycles. The molecule has 0 aliphatic rings. The molecule has 5 heteroatoms. The number of benzene rings is 1. The number of pyridine rings is 1. The van der Waals surface area contributed by atoms with Crippen molar-refractivity contribution < 1.29 is 4.74 Å². The van der Waals surface area contributed by atoms with E-state index >= 15 is 0 Å². The van der Waals surface area contributed by atoms with E-state index in [0.717, 1.165) is 22.4 Å². The lowest BCUT2D eigenvalue weighted by Gasteiger charge is -2.11. The molecule has 3 aromatic rings. The van der Waals surface area contributed by atoms with Gasteiger partial charge in [0.15, 0.2) is 0 Å². The van der Waals surface area contributed by atoms with Crippen LogP contribution in [0.1, 0.15) is 12.6 Å². The topological polar surface area (TPSA) is 57.0 Å². The zero-order valence-corrected chi connectivity index (χ0v) is 12.8. The molecule has 0 bridgehead atoms. The molecule has 1 aromatic carbocycles. The molecule has 112 valence electrons. The number of ether oxygens (including phenoxy) is 1. The lowest BCUT2D eigenvalue weighted by atomic mass is 10.1. The molecule has 0 aliphatic carbocycles. The summed E-state index contributed by atoms with van der Waals surface area (Å²) < 4.78 is 6.85. The first-order valence-corrected chi connectivity index (χ1v) is 7.15. The molecule has 0 radical (unpaired) electrons. The zero-order valence-electron chi connectivity index (χ0n) is 12.8. The molecule has 0 unspecified atom stereocenters. The SMILES string of the molecule is CCn1c(=O)c(-c2ccc(OC)cc2)cc2c(C)ncnc21. The highest BCUT2D eigenvalue weighted by molar-refractivity contribution is 5.83. The van der Waals surface area contributed by atoms with Crippen molar-refractivity contribution in [2.24, 2.45) is 0 Å². The van der Waals surface area contributed by atoms with E-state index in [4.69, 9.17) is 4.74 Å². The van der Waals surface area contributed by atoms with Gasteiger partial charge >= 0.3 is 0 Å². The van der Waals surface area contributed by atoms with Crippen molar-refractivity contribution in [2.75, 3.05) is 7.11 Å². The van der Waals surface area contributed by atoms with Crippen molar-refractivity contribution in [3.05, 3.63) is 52.7 Å². The predicted octanol–water partition coefficient (Wildman–Crippen LogP) is 2.80. The van der Waals surface area contributed by atoms with Gasteiger partial charge in [0, 0.05) is 17.5 Å². The Kier molecular flexibility index (Phi) is 3.63. The van der Waals surface area contributed by atoms with Crippen molar-refractivity contribution >= 4 is 11.0 Å². The average Bonchev–Trinajstić information content (AvgIpc) is 2.55. The number of aromatic nitrogens is 3. The quantitative estimate of drug-likeness (QED) is 0.745. The second-order valence-electron chi connectivity index (χ2n) is 5.03. The molecular formula is C17H17N3O2. The van der Waals surface area contributed by atoms with Crippen LogP contribution in [0.15, 0.2) is 41.5 Å². The molecule has 0 spiro atoms. The predicted molar refractivity (Wildman–Crippen MR) is 86.2 cm³/mol. The molecule has 5 nitrogen and oxygen atoms in total. The van der Waals surface area contributed by atoms with E-state index in [9.17, 15) is 4.79 Å². The van der Waals surface area contributed by atoms with Gasteiger partial charge in [0.1, 0.15) is 17.7 Å². The number of rotatable bonds is 3. The molecule has 0 aliphatic heterocycles. The van der Waals surface area contributed by atoms with Gasteiger partial charge in [0.2, 0.25) is 0 Å². The Morgan fingerprint density at radius 1 is 1.18 bits per heavy atom. The minimum absolute atomic E-state index is 0.0433. The van der Waals surface area contributed by atoms with Gasteiger partial charge in [-0.1, -0.05) is 12.1 Å². The molecule has 0 fully saturated rings. The van der Waals surface area contributed by atoms with E-state index in [-0.39, 0.29) is 5.56 Å². The van der Waals surface area contributed by atoms with Crippen LogP contribution in [0.5, 0.6) is 5.75 Å². The Hall–Kier alpha value is -2.69. The van der Waals surface area contributed by atoms with E-state index in [0.29, 0.717) is 17.8 Å². The third-order valence-electron chi connectivity index (χ3n) is 3.80. The van der Waals surface area contributed by atoms with E-state index in [1.54, 1.807) is 11.7 Å². The summed E-state index contributed by atoms with van der Waals surface area (Å²) in [5.74, 6) is 0.764. The Balaban J connectivity index is 2.31. The standard InChI is InChI=1S/C17H17N3O2/c1-4-20-16-14(11(2)18-10-19-16)9-15(17(20)21)12-5-7-13(22-3)8-6-12/h5-10H,4H2,1-3H3. The summed E-state index contributed by atoms with van der Waals surface area (Å²) >= 11 is 0. The molecule has 0 saturated heterocycles. The number of hydrogen-bond acceptors (Lipinski definition) is 4. The molecule has 2 aromatic heterocycles. The minimum Gasteiger partial charge on any atom is -0.497 e. The first-order valence-electron chi connectivity index (χ1n) is 7.15. The summed E-state index contributed by atoms with van der Waals surface area (Å²) in [4.78, 5) is 21.2. The fourth-order valence-electron chi connectivity index (χ4n) is 2.57. The zero-order chi connectivity index (χ0) is 15.7. The van der Waals surface area contributed by atoms with Crippen molar-refractivity contribution in [3.63, 3.8) is 0 Å². The summed E-state index contributed by atoms with van der Waals surface area (Å²) in [5.41, 5.74) is 3.01. The first-order chi connectivity index (χ1) is 10.7. The van der Waals surface area contributed by atoms with Gasteiger partial charge in [-0.2, -0.15) is 0 Å². The highest BCUT2D eigenvalue weighted by atomic mass is 16.5. The molecule has 0 N–H and O–H groups in total. The number of methoxy groups -OCH3 is 1. The summed E-state index contributed by atoms with van der Waals surface area (Å²) in [6, 6.07) is 9.36. The smallest absolute Gasteiger partial charge is 0.260 e. The van der Waals surface area contributed by atoms with Crippen LogP contribution in [0.2, 0.25) is 0 Å². The average molecular weight is 295 g/mol. The van der Waals surface area contributed by atoms with Crippen molar-refractivity contribution in [2.45, 2.75) is 20.4 Å². The highest BCUT2D eigenvalue weighted by Crippen LogP contribution is 2.23. The normalized spacial score (nSPS) is 10.9. The van der Waals surface area contributed by atoms with E-state index in [2.05, 4.69) is 9.97 Å². The summed E-state index contributed by atoms with van der Waals surface area (Å²) in [7, 11) is 1.62. The van der Waals surface area contributed by atoms with Gasteiger partial charge in [0.05, 0.1) is 12.8 Å². The second kappa shape index (κ2) is 5.60. The maximum atomic E-state index is 12.8. The highest BCUT2D eigenvalue weighted by Gasteiger charge is 2.12. The minimum atomic E-state index is -0.0433. The monoisotopic (exact) mass is 295 g/mol. The number of nitrogens with zero attached hydrogens (tertiary/aromatic N) is 3. The number of fused-ring (bicyclic) bond motifs is 1. The fourth-order valence-corrected chi connectivity index (χ4v) is 2.57. The van der Waals surface area contributed by atoms with Gasteiger partial charge in [-0.25, -0.2) is 9.97 Å². The Labute approximate surface area is 128 Å². The van der Waals surface area contributed by atoms with Crippen molar-refractivity contribution in [1.82, 2.24) is 14.5 Å². The van der Waals surface area contributed by atoms with Crippen LogP contribution in [0.25, 0.3) is 22.2 Å². The molecule has 3 rings (SSSR count). The van der Waals surface area contributed by atoms with Crippen molar-refractivity contribution in [1.29, 1.82) is 0 Å². The second-order valence-corrected chi connectivity index (χ2v) is 5.03.